The molecule has 0 aliphatic heterocycles. The molecule has 0 radical (unpaired) electrons. The molecule has 7 heteroatoms. The Morgan fingerprint density at radius 1 is 1.33 bits per heavy atom. The average Bonchev–Trinajstić information content (AvgIpc) is 3.12. The predicted octanol–water partition coefficient (Wildman–Crippen LogP) is 4.10. The number of hydrogen-bond acceptors (Lipinski definition) is 4. The number of oxazole rings is 1. The van der Waals surface area contributed by atoms with Gasteiger partial charge in [-0.1, -0.05) is 6.07 Å². The molecule has 3 rings (SSSR count). The number of hydrogen-bond donors (Lipinski definition) is 1. The van der Waals surface area contributed by atoms with E-state index in [1.165, 1.54) is 24.6 Å². The summed E-state index contributed by atoms with van der Waals surface area (Å²) in [6.45, 7) is 0.456. The quantitative estimate of drug-likeness (QED) is 0.902. The van der Waals surface area contributed by atoms with Gasteiger partial charge in [-0.05, 0) is 42.3 Å². The monoisotopic (exact) mass is 314 g/mol. The van der Waals surface area contributed by atoms with Crippen LogP contribution in [0.3, 0.4) is 0 Å². The molecule has 0 spiro atoms. The highest BCUT2D eigenvalue weighted by atomic mass is 32.2. The first-order chi connectivity index (χ1) is 10.0. The van der Waals surface area contributed by atoms with Crippen molar-refractivity contribution in [2.24, 2.45) is 0 Å². The molecular formula is C14H13F3N2OS. The van der Waals surface area contributed by atoms with Crippen LogP contribution in [0, 0.1) is 0 Å². The van der Waals surface area contributed by atoms with E-state index in [0.29, 0.717) is 18.2 Å². The molecule has 1 aromatic heterocycles. The van der Waals surface area contributed by atoms with Gasteiger partial charge >= 0.3 is 6.18 Å². The summed E-state index contributed by atoms with van der Waals surface area (Å²) in [4.78, 5) is 3.94. The van der Waals surface area contributed by atoms with Crippen molar-refractivity contribution in [1.82, 2.24) is 10.3 Å². The van der Waals surface area contributed by atoms with E-state index < -0.39 is 11.7 Å². The maximum Gasteiger partial charge on any atom is 0.417 e. The van der Waals surface area contributed by atoms with Crippen LogP contribution in [-0.2, 0) is 12.7 Å². The van der Waals surface area contributed by atoms with Crippen molar-refractivity contribution in [3.05, 3.63) is 41.8 Å². The summed E-state index contributed by atoms with van der Waals surface area (Å²) in [5, 5.41) is 3.41. The molecule has 1 saturated carbocycles. The molecule has 1 aromatic carbocycles. The highest BCUT2D eigenvalue weighted by Crippen LogP contribution is 2.39. The van der Waals surface area contributed by atoms with Crippen LogP contribution >= 0.6 is 11.8 Å². The van der Waals surface area contributed by atoms with Gasteiger partial charge in [-0.3, -0.25) is 0 Å². The SMILES string of the molecule is FC(F)(F)c1cc(CNC2CC2)ccc1Sc1ncco1. The van der Waals surface area contributed by atoms with Crippen LogP contribution in [0.5, 0.6) is 0 Å². The summed E-state index contributed by atoms with van der Waals surface area (Å²) in [5.41, 5.74) is -0.0215. The van der Waals surface area contributed by atoms with E-state index in [2.05, 4.69) is 10.3 Å². The van der Waals surface area contributed by atoms with Crippen molar-refractivity contribution >= 4 is 11.8 Å². The van der Waals surface area contributed by atoms with Crippen molar-refractivity contribution in [1.29, 1.82) is 0 Å². The molecule has 1 N–H and O–H groups in total. The van der Waals surface area contributed by atoms with Gasteiger partial charge in [0.05, 0.1) is 11.8 Å². The average molecular weight is 314 g/mol. The Morgan fingerprint density at radius 2 is 2.14 bits per heavy atom. The van der Waals surface area contributed by atoms with Crippen LogP contribution in [0.15, 0.2) is 45.2 Å². The maximum absolute atomic E-state index is 13.2. The fourth-order valence-corrected chi connectivity index (χ4v) is 2.73. The van der Waals surface area contributed by atoms with Crippen LogP contribution in [-0.4, -0.2) is 11.0 Å². The van der Waals surface area contributed by atoms with Gasteiger partial charge in [0.15, 0.2) is 0 Å². The molecule has 0 atom stereocenters. The topological polar surface area (TPSA) is 38.1 Å². The van der Waals surface area contributed by atoms with E-state index in [1.807, 2.05) is 0 Å². The zero-order valence-electron chi connectivity index (χ0n) is 11.0. The van der Waals surface area contributed by atoms with E-state index in [0.717, 1.165) is 24.6 Å². The van der Waals surface area contributed by atoms with E-state index >= 15 is 0 Å². The van der Waals surface area contributed by atoms with E-state index in [4.69, 9.17) is 4.42 Å². The van der Waals surface area contributed by atoms with E-state index in [-0.39, 0.29) is 10.1 Å². The zero-order valence-corrected chi connectivity index (χ0v) is 11.8. The second-order valence-electron chi connectivity index (χ2n) is 4.88. The fourth-order valence-electron chi connectivity index (χ4n) is 1.90. The van der Waals surface area contributed by atoms with Crippen molar-refractivity contribution in [2.45, 2.75) is 41.7 Å². The van der Waals surface area contributed by atoms with Crippen LogP contribution in [0.25, 0.3) is 0 Å². The van der Waals surface area contributed by atoms with Crippen LogP contribution in [0.2, 0.25) is 0 Å². The highest BCUT2D eigenvalue weighted by Gasteiger charge is 2.34. The summed E-state index contributed by atoms with van der Waals surface area (Å²) in [6.07, 6.45) is 0.548. The number of nitrogens with one attached hydrogen (secondary N) is 1. The van der Waals surface area contributed by atoms with Gasteiger partial charge in [0.25, 0.3) is 5.22 Å². The van der Waals surface area contributed by atoms with E-state index in [9.17, 15) is 13.2 Å². The van der Waals surface area contributed by atoms with Gasteiger partial charge in [-0.25, -0.2) is 4.98 Å². The lowest BCUT2D eigenvalue weighted by atomic mass is 10.1. The third-order valence-corrected chi connectivity index (χ3v) is 4.08. The Labute approximate surface area is 123 Å². The molecule has 1 aliphatic carbocycles. The van der Waals surface area contributed by atoms with Gasteiger partial charge < -0.3 is 9.73 Å². The smallest absolute Gasteiger partial charge is 0.417 e. The van der Waals surface area contributed by atoms with Crippen LogP contribution < -0.4 is 5.32 Å². The minimum absolute atomic E-state index is 0.0973. The van der Waals surface area contributed by atoms with Crippen molar-refractivity contribution < 1.29 is 17.6 Å². The van der Waals surface area contributed by atoms with E-state index in [1.54, 1.807) is 6.07 Å². The fraction of sp³-hybridized carbons (Fsp3) is 0.357. The lowest BCUT2D eigenvalue weighted by molar-refractivity contribution is -0.139. The van der Waals surface area contributed by atoms with Crippen LogP contribution in [0.1, 0.15) is 24.0 Å². The number of alkyl halides is 3. The third-order valence-electron chi connectivity index (χ3n) is 3.13. The maximum atomic E-state index is 13.2. The number of nitrogens with zero attached hydrogens (tertiary/aromatic N) is 1. The lowest BCUT2D eigenvalue weighted by Crippen LogP contribution is -2.16. The molecule has 0 unspecified atom stereocenters. The summed E-state index contributed by atoms with van der Waals surface area (Å²) >= 11 is 0.875. The minimum atomic E-state index is -4.40. The first-order valence-corrected chi connectivity index (χ1v) is 7.35. The number of aromatic nitrogens is 1. The molecule has 3 nitrogen and oxygen atoms in total. The number of benzene rings is 1. The highest BCUT2D eigenvalue weighted by molar-refractivity contribution is 7.99. The lowest BCUT2D eigenvalue weighted by Gasteiger charge is -2.13. The Bertz CT molecular complexity index is 609. The zero-order chi connectivity index (χ0) is 14.9. The first kappa shape index (κ1) is 14.5. The molecule has 0 bridgehead atoms. The Balaban J connectivity index is 1.83. The van der Waals surface area contributed by atoms with Crippen molar-refractivity contribution in [3.8, 4) is 0 Å². The van der Waals surface area contributed by atoms with Gasteiger partial charge in [0, 0.05) is 17.5 Å². The molecule has 2 aromatic rings. The Hall–Kier alpha value is -1.47. The number of rotatable bonds is 5. The molecule has 0 amide bonds. The van der Waals surface area contributed by atoms with Gasteiger partial charge in [0.1, 0.15) is 6.26 Å². The third kappa shape index (κ3) is 3.79. The van der Waals surface area contributed by atoms with Crippen molar-refractivity contribution in [3.63, 3.8) is 0 Å². The normalized spacial score (nSPS) is 15.4. The molecule has 21 heavy (non-hydrogen) atoms. The Kier molecular flexibility index (Phi) is 3.95. The molecule has 1 heterocycles. The van der Waals surface area contributed by atoms with Gasteiger partial charge in [-0.2, -0.15) is 13.2 Å². The molecule has 0 saturated heterocycles. The summed E-state index contributed by atoms with van der Waals surface area (Å²) in [6, 6.07) is 4.83. The molecule has 1 fully saturated rings. The standard InChI is InChI=1S/C14H13F3N2OS/c15-14(16,17)11-7-9(8-19-10-2-3-10)1-4-12(11)21-13-18-5-6-20-13/h1,4-7,10,19H,2-3,8H2. The minimum Gasteiger partial charge on any atom is -0.440 e. The summed E-state index contributed by atoms with van der Waals surface area (Å²) in [7, 11) is 0. The molecule has 112 valence electrons. The first-order valence-electron chi connectivity index (χ1n) is 6.53. The van der Waals surface area contributed by atoms with Crippen LogP contribution in [0.4, 0.5) is 13.2 Å². The van der Waals surface area contributed by atoms with Gasteiger partial charge in [-0.15, -0.1) is 0 Å². The second kappa shape index (κ2) is 5.73. The number of halogens is 3. The summed E-state index contributed by atoms with van der Waals surface area (Å²) in [5.74, 6) is 0. The largest absolute Gasteiger partial charge is 0.440 e. The summed E-state index contributed by atoms with van der Waals surface area (Å²) < 4.78 is 44.5. The molecular weight excluding hydrogens is 301 g/mol. The van der Waals surface area contributed by atoms with Crippen molar-refractivity contribution in [2.75, 3.05) is 0 Å². The molecule has 1 aliphatic rings. The van der Waals surface area contributed by atoms with Gasteiger partial charge in [0.2, 0.25) is 0 Å². The Morgan fingerprint density at radius 3 is 2.76 bits per heavy atom. The second-order valence-corrected chi connectivity index (χ2v) is 5.88. The predicted molar refractivity (Wildman–Crippen MR) is 71.9 cm³/mol.